The molecule has 0 aromatic carbocycles. The number of thiophene rings is 1. The minimum Gasteiger partial charge on any atom is -0.477 e. The largest absolute Gasteiger partial charge is 0.477 e. The highest BCUT2D eigenvalue weighted by molar-refractivity contribution is 7.91. The summed E-state index contributed by atoms with van der Waals surface area (Å²) in [6.45, 7) is 4.86. The number of rotatable bonds is 6. The SMILES string of the molecule is COC(=O)[C@@H](NS(=O)(=O)c1cc(C)c(C(=O)O)s1)C(C)C. The van der Waals surface area contributed by atoms with Crippen LogP contribution >= 0.6 is 11.3 Å². The highest BCUT2D eigenvalue weighted by atomic mass is 32.2. The van der Waals surface area contributed by atoms with E-state index in [9.17, 15) is 18.0 Å². The van der Waals surface area contributed by atoms with Crippen molar-refractivity contribution in [3.63, 3.8) is 0 Å². The highest BCUT2D eigenvalue weighted by Crippen LogP contribution is 2.26. The van der Waals surface area contributed by atoms with E-state index in [1.54, 1.807) is 13.8 Å². The lowest BCUT2D eigenvalue weighted by Crippen LogP contribution is -2.44. The Kier molecular flexibility index (Phi) is 5.48. The number of nitrogens with one attached hydrogen (secondary N) is 1. The fourth-order valence-corrected chi connectivity index (χ4v) is 4.33. The van der Waals surface area contributed by atoms with E-state index in [2.05, 4.69) is 9.46 Å². The third-order valence-corrected chi connectivity index (χ3v) is 5.90. The predicted molar refractivity (Wildman–Crippen MR) is 77.0 cm³/mol. The first-order chi connectivity index (χ1) is 9.60. The zero-order valence-corrected chi connectivity index (χ0v) is 13.7. The lowest BCUT2D eigenvalue weighted by molar-refractivity contribution is -0.143. The number of carbonyl (C=O) groups excluding carboxylic acids is 1. The molecule has 1 aromatic rings. The first-order valence-electron chi connectivity index (χ1n) is 6.04. The van der Waals surface area contributed by atoms with E-state index in [1.165, 1.54) is 20.1 Å². The minimum absolute atomic E-state index is 0.0467. The first kappa shape index (κ1) is 17.6. The maximum Gasteiger partial charge on any atom is 0.346 e. The molecule has 9 heteroatoms. The number of carboxylic acid groups (broad SMARTS) is 1. The van der Waals surface area contributed by atoms with E-state index >= 15 is 0 Å². The van der Waals surface area contributed by atoms with Crippen LogP contribution in [0.3, 0.4) is 0 Å². The summed E-state index contributed by atoms with van der Waals surface area (Å²) < 4.78 is 31.2. The number of hydrogen-bond donors (Lipinski definition) is 2. The van der Waals surface area contributed by atoms with Gasteiger partial charge in [0.05, 0.1) is 7.11 Å². The molecule has 0 aliphatic rings. The van der Waals surface area contributed by atoms with E-state index in [4.69, 9.17) is 5.11 Å². The Morgan fingerprint density at radius 3 is 2.33 bits per heavy atom. The second-order valence-corrected chi connectivity index (χ2v) is 7.74. The van der Waals surface area contributed by atoms with Crippen LogP contribution in [0.15, 0.2) is 10.3 Å². The number of ether oxygens (including phenoxy) is 1. The Hall–Kier alpha value is -1.45. The van der Waals surface area contributed by atoms with Crippen LogP contribution in [0.4, 0.5) is 0 Å². The second kappa shape index (κ2) is 6.54. The van der Waals surface area contributed by atoms with Gasteiger partial charge in [0.25, 0.3) is 10.0 Å². The van der Waals surface area contributed by atoms with Gasteiger partial charge in [-0.25, -0.2) is 13.2 Å². The topological polar surface area (TPSA) is 110 Å². The molecule has 1 atom stereocenters. The van der Waals surface area contributed by atoms with Crippen LogP contribution in [0, 0.1) is 12.8 Å². The Labute approximate surface area is 127 Å². The van der Waals surface area contributed by atoms with Crippen LogP contribution in [0.5, 0.6) is 0 Å². The van der Waals surface area contributed by atoms with E-state index in [1.807, 2.05) is 0 Å². The maximum atomic E-state index is 12.3. The third-order valence-electron chi connectivity index (χ3n) is 2.76. The highest BCUT2D eigenvalue weighted by Gasteiger charge is 2.30. The Bertz CT molecular complexity index is 647. The second-order valence-electron chi connectivity index (χ2n) is 4.75. The molecule has 0 aliphatic heterocycles. The fraction of sp³-hybridized carbons (Fsp3) is 0.500. The molecule has 0 radical (unpaired) electrons. The quantitative estimate of drug-likeness (QED) is 0.757. The molecular weight excluding hydrogens is 318 g/mol. The number of aromatic carboxylic acids is 1. The number of hydrogen-bond acceptors (Lipinski definition) is 6. The van der Waals surface area contributed by atoms with E-state index < -0.39 is 28.0 Å². The van der Waals surface area contributed by atoms with Crippen LogP contribution in [-0.4, -0.2) is 38.6 Å². The van der Waals surface area contributed by atoms with E-state index in [0.717, 1.165) is 0 Å². The molecule has 0 spiro atoms. The van der Waals surface area contributed by atoms with Crippen molar-refractivity contribution in [1.29, 1.82) is 0 Å². The molecule has 0 aliphatic carbocycles. The van der Waals surface area contributed by atoms with Crippen molar-refractivity contribution >= 4 is 33.3 Å². The summed E-state index contributed by atoms with van der Waals surface area (Å²) >= 11 is 0.645. The van der Waals surface area contributed by atoms with Crippen LogP contribution in [0.1, 0.15) is 29.1 Å². The van der Waals surface area contributed by atoms with Crippen LogP contribution < -0.4 is 4.72 Å². The fourth-order valence-electron chi connectivity index (χ4n) is 1.61. The molecule has 0 saturated heterocycles. The molecule has 21 heavy (non-hydrogen) atoms. The Balaban J connectivity index is 3.13. The van der Waals surface area contributed by atoms with Crippen molar-refractivity contribution in [1.82, 2.24) is 4.72 Å². The summed E-state index contributed by atoms with van der Waals surface area (Å²) in [4.78, 5) is 22.5. The van der Waals surface area contributed by atoms with Gasteiger partial charge < -0.3 is 9.84 Å². The summed E-state index contributed by atoms with van der Waals surface area (Å²) in [6.07, 6.45) is 0. The lowest BCUT2D eigenvalue weighted by atomic mass is 10.1. The monoisotopic (exact) mass is 335 g/mol. The minimum atomic E-state index is -3.99. The molecule has 1 aromatic heterocycles. The number of carboxylic acids is 1. The average molecular weight is 335 g/mol. The molecule has 1 rings (SSSR count). The third kappa shape index (κ3) is 4.02. The number of sulfonamides is 1. The number of carbonyl (C=O) groups is 2. The van der Waals surface area contributed by atoms with Crippen molar-refractivity contribution in [2.24, 2.45) is 5.92 Å². The van der Waals surface area contributed by atoms with Crippen molar-refractivity contribution < 1.29 is 27.9 Å². The number of aryl methyl sites for hydroxylation is 1. The number of methoxy groups -OCH3 is 1. The number of esters is 1. The molecule has 0 fully saturated rings. The van der Waals surface area contributed by atoms with Crippen molar-refractivity contribution in [2.75, 3.05) is 7.11 Å². The smallest absolute Gasteiger partial charge is 0.346 e. The van der Waals surface area contributed by atoms with Gasteiger partial charge in [0.1, 0.15) is 15.1 Å². The van der Waals surface area contributed by atoms with Gasteiger partial charge >= 0.3 is 11.9 Å². The summed E-state index contributed by atoms with van der Waals surface area (Å²) in [5.74, 6) is -2.19. The van der Waals surface area contributed by atoms with Gasteiger partial charge in [-0.1, -0.05) is 13.8 Å². The van der Waals surface area contributed by atoms with E-state index in [-0.39, 0.29) is 15.0 Å². The van der Waals surface area contributed by atoms with Gasteiger partial charge in [0, 0.05) is 0 Å². The van der Waals surface area contributed by atoms with Gasteiger partial charge in [-0.2, -0.15) is 4.72 Å². The maximum absolute atomic E-state index is 12.3. The van der Waals surface area contributed by atoms with Crippen LogP contribution in [0.2, 0.25) is 0 Å². The Morgan fingerprint density at radius 2 is 1.95 bits per heavy atom. The molecule has 1 heterocycles. The Morgan fingerprint density at radius 1 is 1.38 bits per heavy atom. The molecular formula is C12H17NO6S2. The van der Waals surface area contributed by atoms with E-state index in [0.29, 0.717) is 16.9 Å². The van der Waals surface area contributed by atoms with Gasteiger partial charge in [-0.15, -0.1) is 11.3 Å². The molecule has 2 N–H and O–H groups in total. The van der Waals surface area contributed by atoms with Crippen molar-refractivity contribution in [3.05, 3.63) is 16.5 Å². The average Bonchev–Trinajstić information content (AvgIpc) is 2.78. The molecule has 7 nitrogen and oxygen atoms in total. The summed E-state index contributed by atoms with van der Waals surface area (Å²) in [5.41, 5.74) is 0.354. The van der Waals surface area contributed by atoms with Gasteiger partial charge in [-0.3, -0.25) is 4.79 Å². The van der Waals surface area contributed by atoms with Gasteiger partial charge in [0.15, 0.2) is 0 Å². The first-order valence-corrected chi connectivity index (χ1v) is 8.34. The van der Waals surface area contributed by atoms with Gasteiger partial charge in [0.2, 0.25) is 0 Å². The zero-order chi connectivity index (χ0) is 16.4. The molecule has 0 unspecified atom stereocenters. The summed E-state index contributed by atoms with van der Waals surface area (Å²) in [5, 5.41) is 8.96. The lowest BCUT2D eigenvalue weighted by Gasteiger charge is -2.19. The van der Waals surface area contributed by atoms with Gasteiger partial charge in [-0.05, 0) is 24.5 Å². The zero-order valence-electron chi connectivity index (χ0n) is 12.0. The predicted octanol–water partition coefficient (Wildman–Crippen LogP) is 1.23. The molecule has 0 bridgehead atoms. The van der Waals surface area contributed by atoms with Crippen molar-refractivity contribution in [2.45, 2.75) is 31.0 Å². The normalized spacial score (nSPS) is 13.2. The van der Waals surface area contributed by atoms with Crippen LogP contribution in [0.25, 0.3) is 0 Å². The van der Waals surface area contributed by atoms with Crippen LogP contribution in [-0.2, 0) is 19.6 Å². The standard InChI is InChI=1S/C12H17NO6S2/c1-6(2)9(12(16)19-4)13-21(17,18)8-5-7(3)10(20-8)11(14)15/h5-6,9,13H,1-4H3,(H,14,15)/t9-/m0/s1. The molecule has 0 saturated carbocycles. The summed E-state index contributed by atoms with van der Waals surface area (Å²) in [6, 6.07) is 0.237. The molecule has 118 valence electrons. The van der Waals surface area contributed by atoms with Crippen molar-refractivity contribution in [3.8, 4) is 0 Å². The summed E-state index contributed by atoms with van der Waals surface area (Å²) in [7, 11) is -2.82. The molecule has 0 amide bonds.